The molecule has 194 valence electrons. The molecule has 3 heterocycles. The van der Waals surface area contributed by atoms with Crippen molar-refractivity contribution in [3.63, 3.8) is 0 Å². The Bertz CT molecular complexity index is 1420. The van der Waals surface area contributed by atoms with E-state index in [1.54, 1.807) is 16.8 Å². The topological polar surface area (TPSA) is 75.2 Å². The maximum Gasteiger partial charge on any atom is 0.338 e. The van der Waals surface area contributed by atoms with Crippen molar-refractivity contribution in [2.75, 3.05) is 41.1 Å². The first-order valence-corrected chi connectivity index (χ1v) is 12.7. The third-order valence-corrected chi connectivity index (χ3v) is 6.80. The zero-order chi connectivity index (χ0) is 26.2. The predicted molar refractivity (Wildman–Crippen MR) is 133 cm³/mol. The Hall–Kier alpha value is -3.35. The van der Waals surface area contributed by atoms with E-state index in [4.69, 9.17) is 25.8 Å². The number of ether oxygens (including phenoxy) is 3. The smallest absolute Gasteiger partial charge is 0.338 e. The summed E-state index contributed by atoms with van der Waals surface area (Å²) in [6, 6.07) is 12.8. The summed E-state index contributed by atoms with van der Waals surface area (Å²) >= 11 is 6.97. The number of halogens is 3. The molecule has 2 aromatic heterocycles. The number of thiazole rings is 1. The number of fused-ring (bicyclic) bond motifs is 1. The van der Waals surface area contributed by atoms with Crippen LogP contribution >= 0.6 is 22.9 Å². The Morgan fingerprint density at radius 2 is 1.95 bits per heavy atom. The summed E-state index contributed by atoms with van der Waals surface area (Å²) in [6.45, 7) is 1.56. The van der Waals surface area contributed by atoms with Crippen LogP contribution in [0, 0.1) is 0 Å². The number of quaternary nitrogens is 1. The van der Waals surface area contributed by atoms with Gasteiger partial charge in [0.1, 0.15) is 15.1 Å². The van der Waals surface area contributed by atoms with Crippen LogP contribution in [0.15, 0.2) is 42.5 Å². The quantitative estimate of drug-likeness (QED) is 0.174. The lowest BCUT2D eigenvalue weighted by atomic mass is 10.2. The first kappa shape index (κ1) is 25.3. The average Bonchev–Trinajstić information content (AvgIpc) is 3.58. The van der Waals surface area contributed by atoms with E-state index in [0.29, 0.717) is 40.9 Å². The van der Waals surface area contributed by atoms with Crippen LogP contribution in [0.1, 0.15) is 18.5 Å². The van der Waals surface area contributed by atoms with Crippen molar-refractivity contribution in [1.29, 1.82) is 0 Å². The lowest BCUT2D eigenvalue weighted by Crippen LogP contribution is -2.42. The van der Waals surface area contributed by atoms with Gasteiger partial charge in [0.25, 0.3) is 11.6 Å². The summed E-state index contributed by atoms with van der Waals surface area (Å²) in [5.41, 5.74) is 0.778. The molecule has 13 heteroatoms. The number of tetrazole rings is 1. The average molecular weight is 551 g/mol. The molecular formula is C24H25ClF2N6O3S+2. The number of alkyl halides is 2. The maximum absolute atomic E-state index is 13.5. The van der Waals surface area contributed by atoms with Crippen molar-refractivity contribution in [2.45, 2.75) is 12.8 Å². The number of rotatable bonds is 9. The molecule has 37 heavy (non-hydrogen) atoms. The van der Waals surface area contributed by atoms with Crippen molar-refractivity contribution < 1.29 is 32.2 Å². The van der Waals surface area contributed by atoms with Crippen LogP contribution < -0.4 is 18.9 Å². The van der Waals surface area contributed by atoms with E-state index < -0.39 is 12.1 Å². The van der Waals surface area contributed by atoms with Gasteiger partial charge in [0, 0.05) is 11.2 Å². The highest BCUT2D eigenvalue weighted by molar-refractivity contribution is 7.18. The summed E-state index contributed by atoms with van der Waals surface area (Å²) in [4.78, 5) is 5.40. The van der Waals surface area contributed by atoms with E-state index in [2.05, 4.69) is 36.4 Å². The van der Waals surface area contributed by atoms with Gasteiger partial charge in [-0.15, -0.1) is 4.68 Å². The van der Waals surface area contributed by atoms with E-state index in [0.717, 1.165) is 28.8 Å². The second kappa shape index (κ2) is 10.2. The predicted octanol–water partition coefficient (Wildman–Crippen LogP) is 4.46. The van der Waals surface area contributed by atoms with Crippen LogP contribution in [-0.4, -0.2) is 65.7 Å². The van der Waals surface area contributed by atoms with Gasteiger partial charge in [-0.25, -0.2) is 13.8 Å². The molecule has 5 rings (SSSR count). The first-order valence-electron chi connectivity index (χ1n) is 11.5. The lowest BCUT2D eigenvalue weighted by Gasteiger charge is -2.23. The number of hydrogen-bond acceptors (Lipinski definition) is 7. The monoisotopic (exact) mass is 550 g/mol. The van der Waals surface area contributed by atoms with Gasteiger partial charge in [0.05, 0.1) is 39.9 Å². The SMILES string of the molecule is C[N+](C)(C)CCCOc1ccccc1-[n+]1c(-c2ccc3c(c2)OCO3)nnn1-c1nc(C(F)F)c(Cl)s1. The second-order valence-electron chi connectivity index (χ2n) is 9.32. The molecule has 1 aliphatic rings. The fourth-order valence-corrected chi connectivity index (χ4v) is 4.89. The number of benzene rings is 2. The Labute approximate surface area is 221 Å². The van der Waals surface area contributed by atoms with Crippen molar-refractivity contribution in [2.24, 2.45) is 0 Å². The second-order valence-corrected chi connectivity index (χ2v) is 10.9. The third-order valence-electron chi connectivity index (χ3n) is 5.55. The fourth-order valence-electron chi connectivity index (χ4n) is 3.81. The molecule has 0 saturated heterocycles. The van der Waals surface area contributed by atoms with Crippen LogP contribution in [0.5, 0.6) is 17.2 Å². The molecule has 0 bridgehead atoms. The standard InChI is InChI=1S/C24H25ClF2N6O3S/c1-33(2,3)11-6-12-34-17-8-5-4-7-16(17)31-23(15-9-10-18-19(13-15)36-14-35-18)29-30-32(31)24-28-20(22(26)27)21(25)37-24/h4-5,7-10,13,22H,6,11-12,14H2,1-3H3/q+2. The number of para-hydroxylation sites is 2. The highest BCUT2D eigenvalue weighted by Gasteiger charge is 2.32. The van der Waals surface area contributed by atoms with Gasteiger partial charge in [0.15, 0.2) is 28.1 Å². The molecule has 0 amide bonds. The Morgan fingerprint density at radius 1 is 1.16 bits per heavy atom. The van der Waals surface area contributed by atoms with Crippen LogP contribution in [0.2, 0.25) is 4.34 Å². The van der Waals surface area contributed by atoms with Crippen LogP contribution in [0.3, 0.4) is 0 Å². The normalized spacial score (nSPS) is 12.9. The molecule has 0 aliphatic carbocycles. The van der Waals surface area contributed by atoms with Gasteiger partial charge in [-0.3, -0.25) is 0 Å². The summed E-state index contributed by atoms with van der Waals surface area (Å²) in [7, 11) is 6.37. The summed E-state index contributed by atoms with van der Waals surface area (Å²) in [5.74, 6) is 2.19. The molecule has 0 N–H and O–H groups in total. The van der Waals surface area contributed by atoms with Crippen LogP contribution in [-0.2, 0) is 0 Å². The molecule has 0 saturated carbocycles. The Morgan fingerprint density at radius 3 is 2.70 bits per heavy atom. The fraction of sp³-hybridized carbons (Fsp3) is 0.333. The Kier molecular flexibility index (Phi) is 6.97. The number of nitrogens with zero attached hydrogens (tertiary/aromatic N) is 6. The minimum absolute atomic E-state index is 0.110. The maximum atomic E-state index is 13.5. The summed E-state index contributed by atoms with van der Waals surface area (Å²) < 4.78 is 46.4. The van der Waals surface area contributed by atoms with Crippen LogP contribution in [0.4, 0.5) is 8.78 Å². The molecule has 4 aromatic rings. The number of hydrogen-bond donors (Lipinski definition) is 0. The molecule has 0 atom stereocenters. The summed E-state index contributed by atoms with van der Waals surface area (Å²) in [6.07, 6.45) is -1.98. The van der Waals surface area contributed by atoms with Crippen molar-refractivity contribution >= 4 is 22.9 Å². The zero-order valence-corrected chi connectivity index (χ0v) is 22.0. The molecule has 2 aromatic carbocycles. The Balaban J connectivity index is 1.60. The molecule has 9 nitrogen and oxygen atoms in total. The van der Waals surface area contributed by atoms with Gasteiger partial charge in [-0.05, 0) is 30.3 Å². The van der Waals surface area contributed by atoms with Gasteiger partial charge < -0.3 is 18.7 Å². The largest absolute Gasteiger partial charge is 0.490 e. The van der Waals surface area contributed by atoms with Crippen LogP contribution in [0.25, 0.3) is 22.2 Å². The molecule has 0 radical (unpaired) electrons. The van der Waals surface area contributed by atoms with Gasteiger partial charge in [-0.2, -0.15) is 0 Å². The van der Waals surface area contributed by atoms with Crippen molar-refractivity contribution in [3.8, 4) is 39.5 Å². The highest BCUT2D eigenvalue weighted by atomic mass is 35.5. The van der Waals surface area contributed by atoms with Crippen molar-refractivity contribution in [3.05, 3.63) is 52.5 Å². The van der Waals surface area contributed by atoms with Gasteiger partial charge in [-0.1, -0.05) is 35.1 Å². The molecule has 0 fully saturated rings. The molecule has 0 spiro atoms. The lowest BCUT2D eigenvalue weighted by molar-refractivity contribution is -0.870. The molecular weight excluding hydrogens is 526 g/mol. The zero-order valence-electron chi connectivity index (χ0n) is 20.4. The summed E-state index contributed by atoms with van der Waals surface area (Å²) in [5, 5.41) is 8.77. The number of aromatic nitrogens is 5. The first-order chi connectivity index (χ1) is 17.7. The van der Waals surface area contributed by atoms with E-state index in [-0.39, 0.29) is 16.3 Å². The molecule has 1 aliphatic heterocycles. The van der Waals surface area contributed by atoms with E-state index in [1.165, 1.54) is 4.80 Å². The molecule has 0 unspecified atom stereocenters. The van der Waals surface area contributed by atoms with Gasteiger partial charge in [0.2, 0.25) is 6.79 Å². The highest BCUT2D eigenvalue weighted by Crippen LogP contribution is 2.36. The van der Waals surface area contributed by atoms with E-state index in [1.807, 2.05) is 30.3 Å². The van der Waals surface area contributed by atoms with E-state index in [9.17, 15) is 8.78 Å². The van der Waals surface area contributed by atoms with E-state index >= 15 is 0 Å². The minimum Gasteiger partial charge on any atom is -0.490 e. The van der Waals surface area contributed by atoms with Gasteiger partial charge >= 0.3 is 5.82 Å². The third kappa shape index (κ3) is 5.36. The minimum atomic E-state index is -2.82. The van der Waals surface area contributed by atoms with Crippen molar-refractivity contribution in [1.82, 2.24) is 20.1 Å².